The van der Waals surface area contributed by atoms with Crippen LogP contribution in [0.5, 0.6) is 0 Å². The zero-order valence-corrected chi connectivity index (χ0v) is 18.9. The van der Waals surface area contributed by atoms with E-state index < -0.39 is 43.6 Å². The Morgan fingerprint density at radius 3 is 1.50 bits per heavy atom. The molecule has 0 aliphatic heterocycles. The average molecular weight is 435 g/mol. The van der Waals surface area contributed by atoms with Crippen molar-refractivity contribution in [1.29, 1.82) is 0 Å². The quantitative estimate of drug-likeness (QED) is 0.139. The summed E-state index contributed by atoms with van der Waals surface area (Å²) in [4.78, 5) is 11.7. The standard InChI is InChI=1S/C23H46O7/c1-2-3-4-5-6-7-8-9-10-11-12-13-14-15-16-21(27)30-18-20(26)23(29)22(28)19(25)17-24/h19-20,22-26,28-29H,2-18H2,1H3/t19-,20-,22-,23-/m1/s1. The number of ether oxygens (including phenoxy) is 1. The zero-order chi connectivity index (χ0) is 22.6. The van der Waals surface area contributed by atoms with E-state index in [0.29, 0.717) is 0 Å². The zero-order valence-electron chi connectivity index (χ0n) is 18.9. The van der Waals surface area contributed by atoms with Crippen LogP contribution >= 0.6 is 0 Å². The molecule has 4 atom stereocenters. The topological polar surface area (TPSA) is 127 Å². The summed E-state index contributed by atoms with van der Waals surface area (Å²) in [5.41, 5.74) is 0. The van der Waals surface area contributed by atoms with Gasteiger partial charge in [-0.25, -0.2) is 0 Å². The van der Waals surface area contributed by atoms with Crippen molar-refractivity contribution in [3.8, 4) is 0 Å². The highest BCUT2D eigenvalue weighted by Gasteiger charge is 2.30. The van der Waals surface area contributed by atoms with Crippen LogP contribution in [0, 0.1) is 0 Å². The lowest BCUT2D eigenvalue weighted by Crippen LogP contribution is -2.47. The van der Waals surface area contributed by atoms with Gasteiger partial charge in [-0.05, 0) is 6.42 Å². The van der Waals surface area contributed by atoms with Crippen LogP contribution in [0.1, 0.15) is 103 Å². The monoisotopic (exact) mass is 434 g/mol. The molecule has 30 heavy (non-hydrogen) atoms. The Morgan fingerprint density at radius 1 is 0.667 bits per heavy atom. The molecule has 7 nitrogen and oxygen atoms in total. The molecule has 0 saturated carbocycles. The lowest BCUT2D eigenvalue weighted by molar-refractivity contribution is -0.156. The van der Waals surface area contributed by atoms with Crippen LogP contribution in [-0.4, -0.2) is 69.1 Å². The predicted molar refractivity (Wildman–Crippen MR) is 117 cm³/mol. The predicted octanol–water partition coefficient (Wildman–Crippen LogP) is 2.84. The maximum absolute atomic E-state index is 11.7. The Bertz CT molecular complexity index is 392. The Balaban J connectivity index is 3.49. The van der Waals surface area contributed by atoms with Crippen molar-refractivity contribution in [2.75, 3.05) is 13.2 Å². The van der Waals surface area contributed by atoms with Gasteiger partial charge in [0.25, 0.3) is 0 Å². The molecule has 0 bridgehead atoms. The molecule has 0 amide bonds. The number of rotatable bonds is 21. The molecule has 0 unspecified atom stereocenters. The van der Waals surface area contributed by atoms with Gasteiger partial charge < -0.3 is 30.3 Å². The Kier molecular flexibility index (Phi) is 19.7. The van der Waals surface area contributed by atoms with E-state index >= 15 is 0 Å². The highest BCUT2D eigenvalue weighted by molar-refractivity contribution is 5.69. The van der Waals surface area contributed by atoms with Crippen LogP contribution in [0.25, 0.3) is 0 Å². The number of esters is 1. The minimum Gasteiger partial charge on any atom is -0.463 e. The van der Waals surface area contributed by atoms with E-state index in [9.17, 15) is 25.2 Å². The van der Waals surface area contributed by atoms with Gasteiger partial charge in [0.2, 0.25) is 0 Å². The number of aliphatic hydroxyl groups is 5. The fourth-order valence-corrected chi connectivity index (χ4v) is 3.38. The highest BCUT2D eigenvalue weighted by Crippen LogP contribution is 2.13. The van der Waals surface area contributed by atoms with Gasteiger partial charge in [-0.2, -0.15) is 0 Å². The molecule has 0 heterocycles. The molecule has 0 aliphatic rings. The van der Waals surface area contributed by atoms with E-state index in [1.54, 1.807) is 0 Å². The summed E-state index contributed by atoms with van der Waals surface area (Å²) in [5, 5.41) is 46.8. The lowest BCUT2D eigenvalue weighted by Gasteiger charge is -2.25. The van der Waals surface area contributed by atoms with Crippen molar-refractivity contribution < 1.29 is 35.1 Å². The van der Waals surface area contributed by atoms with Crippen molar-refractivity contribution in [3.63, 3.8) is 0 Å². The summed E-state index contributed by atoms with van der Waals surface area (Å²) in [6.45, 7) is 1.03. The van der Waals surface area contributed by atoms with Crippen LogP contribution in [0.2, 0.25) is 0 Å². The smallest absolute Gasteiger partial charge is 0.305 e. The maximum Gasteiger partial charge on any atom is 0.305 e. The molecule has 0 fully saturated rings. The summed E-state index contributed by atoms with van der Waals surface area (Å²) in [5.74, 6) is -0.461. The van der Waals surface area contributed by atoms with E-state index in [1.165, 1.54) is 70.6 Å². The molecular formula is C23H46O7. The summed E-state index contributed by atoms with van der Waals surface area (Å²) < 4.78 is 4.90. The average Bonchev–Trinajstić information content (AvgIpc) is 2.75. The van der Waals surface area contributed by atoms with Gasteiger partial charge in [0, 0.05) is 6.42 Å². The van der Waals surface area contributed by atoms with Gasteiger partial charge in [0.1, 0.15) is 31.0 Å². The molecule has 7 heteroatoms. The van der Waals surface area contributed by atoms with E-state index in [2.05, 4.69) is 6.92 Å². The Hall–Kier alpha value is -0.730. The number of aliphatic hydroxyl groups excluding tert-OH is 5. The summed E-state index contributed by atoms with van der Waals surface area (Å²) in [6, 6.07) is 0. The first-order valence-corrected chi connectivity index (χ1v) is 11.9. The Labute approximate surface area is 182 Å². The van der Waals surface area contributed by atoms with Crippen LogP contribution in [0.3, 0.4) is 0 Å². The van der Waals surface area contributed by atoms with E-state index in [-0.39, 0.29) is 6.42 Å². The van der Waals surface area contributed by atoms with Crippen molar-refractivity contribution in [3.05, 3.63) is 0 Å². The molecule has 0 saturated heterocycles. The van der Waals surface area contributed by atoms with Gasteiger partial charge in [-0.15, -0.1) is 0 Å². The molecule has 5 N–H and O–H groups in total. The molecule has 0 aromatic rings. The summed E-state index contributed by atoms with van der Waals surface area (Å²) in [7, 11) is 0. The summed E-state index contributed by atoms with van der Waals surface area (Å²) >= 11 is 0. The first-order chi connectivity index (χ1) is 14.4. The second-order valence-electron chi connectivity index (χ2n) is 8.33. The number of hydrogen-bond donors (Lipinski definition) is 5. The molecule has 0 aliphatic carbocycles. The van der Waals surface area contributed by atoms with E-state index in [0.717, 1.165) is 19.3 Å². The number of carbonyl (C=O) groups is 1. The van der Waals surface area contributed by atoms with Crippen LogP contribution in [-0.2, 0) is 9.53 Å². The third-order valence-electron chi connectivity index (χ3n) is 5.47. The van der Waals surface area contributed by atoms with Gasteiger partial charge >= 0.3 is 5.97 Å². The number of hydrogen-bond acceptors (Lipinski definition) is 7. The van der Waals surface area contributed by atoms with Crippen molar-refractivity contribution in [2.24, 2.45) is 0 Å². The lowest BCUT2D eigenvalue weighted by atomic mass is 10.0. The summed E-state index contributed by atoms with van der Waals surface area (Å²) in [6.07, 6.45) is 11.0. The second-order valence-corrected chi connectivity index (χ2v) is 8.33. The Morgan fingerprint density at radius 2 is 1.07 bits per heavy atom. The minimum absolute atomic E-state index is 0.253. The van der Waals surface area contributed by atoms with Crippen LogP contribution in [0.4, 0.5) is 0 Å². The van der Waals surface area contributed by atoms with Gasteiger partial charge in [0.05, 0.1) is 6.61 Å². The molecular weight excluding hydrogens is 388 g/mol. The SMILES string of the molecule is CCCCCCCCCCCCCCCCC(=O)OC[C@@H](O)[C@@H](O)[C@H](O)[C@H](O)CO. The third kappa shape index (κ3) is 16.0. The first-order valence-electron chi connectivity index (χ1n) is 11.9. The van der Waals surface area contributed by atoms with E-state index in [4.69, 9.17) is 9.84 Å². The number of carbonyl (C=O) groups excluding carboxylic acids is 1. The molecule has 0 radical (unpaired) electrons. The third-order valence-corrected chi connectivity index (χ3v) is 5.47. The second kappa shape index (κ2) is 20.2. The van der Waals surface area contributed by atoms with Gasteiger partial charge in [-0.3, -0.25) is 4.79 Å². The van der Waals surface area contributed by atoms with E-state index in [1.807, 2.05) is 0 Å². The molecule has 0 spiro atoms. The molecule has 0 aromatic carbocycles. The highest BCUT2D eigenvalue weighted by atomic mass is 16.5. The largest absolute Gasteiger partial charge is 0.463 e. The minimum atomic E-state index is -1.71. The molecule has 180 valence electrons. The van der Waals surface area contributed by atoms with Gasteiger partial charge in [0.15, 0.2) is 0 Å². The number of unbranched alkanes of at least 4 members (excludes halogenated alkanes) is 13. The van der Waals surface area contributed by atoms with Gasteiger partial charge in [-0.1, -0.05) is 90.4 Å². The van der Waals surface area contributed by atoms with Crippen LogP contribution in [0.15, 0.2) is 0 Å². The van der Waals surface area contributed by atoms with Crippen molar-refractivity contribution in [1.82, 2.24) is 0 Å². The normalized spacial score (nSPS) is 15.5. The van der Waals surface area contributed by atoms with Crippen LogP contribution < -0.4 is 0 Å². The fourth-order valence-electron chi connectivity index (χ4n) is 3.38. The molecule has 0 rings (SSSR count). The van der Waals surface area contributed by atoms with Crippen molar-refractivity contribution >= 4 is 5.97 Å². The van der Waals surface area contributed by atoms with Crippen molar-refractivity contribution in [2.45, 2.75) is 128 Å². The first kappa shape index (κ1) is 29.3. The maximum atomic E-state index is 11.7. The fraction of sp³-hybridized carbons (Fsp3) is 0.957. The molecule has 0 aromatic heterocycles.